The molecule has 1 aliphatic carbocycles. The topological polar surface area (TPSA) is 43.1 Å². The lowest BCUT2D eigenvalue weighted by Crippen LogP contribution is -2.28. The summed E-state index contributed by atoms with van der Waals surface area (Å²) in [6.07, 6.45) is 3.56. The number of likely N-dealkylation sites (N-methyl/N-ethyl adjacent to an activating group) is 1. The van der Waals surface area contributed by atoms with Crippen molar-refractivity contribution in [3.05, 3.63) is 48.0 Å². The van der Waals surface area contributed by atoms with Crippen LogP contribution in [-0.2, 0) is 13.1 Å². The Morgan fingerprint density at radius 2 is 2.00 bits per heavy atom. The third-order valence-electron chi connectivity index (χ3n) is 6.23. The van der Waals surface area contributed by atoms with E-state index in [-0.39, 0.29) is 0 Å². The van der Waals surface area contributed by atoms with Crippen molar-refractivity contribution in [1.82, 2.24) is 14.1 Å². The Hall–Kier alpha value is -3.08. The zero-order valence-electron chi connectivity index (χ0n) is 15.9. The number of hydrogen-bond donors (Lipinski definition) is 0. The minimum Gasteiger partial charge on any atom is -0.371 e. The summed E-state index contributed by atoms with van der Waals surface area (Å²) in [5, 5.41) is 1.26. The molecule has 2 aromatic heterocycles. The molecule has 140 valence electrons. The number of aromatic nitrogens is 3. The molecule has 0 atom stereocenters. The summed E-state index contributed by atoms with van der Waals surface area (Å²) in [6, 6.07) is 14.8. The van der Waals surface area contributed by atoms with Crippen molar-refractivity contribution in [2.24, 2.45) is 5.92 Å². The third kappa shape index (κ3) is 2.25. The van der Waals surface area contributed by atoms with Crippen LogP contribution < -0.4 is 4.90 Å². The number of fused-ring (bicyclic) bond motifs is 1. The molecule has 0 unspecified atom stereocenters. The Bertz CT molecular complexity index is 1240. The SMILES string of the molecule is CN1CCn2c(-c3cc4ccccc4n3CC3CC3)nc3cc(C=O)cc1c32. The van der Waals surface area contributed by atoms with E-state index in [0.29, 0.717) is 5.56 Å². The fourth-order valence-corrected chi connectivity index (χ4v) is 4.56. The maximum absolute atomic E-state index is 11.4. The van der Waals surface area contributed by atoms with Gasteiger partial charge in [-0.1, -0.05) is 18.2 Å². The monoisotopic (exact) mass is 370 g/mol. The van der Waals surface area contributed by atoms with Crippen molar-refractivity contribution in [1.29, 1.82) is 0 Å². The summed E-state index contributed by atoms with van der Waals surface area (Å²) in [5.74, 6) is 1.80. The minimum atomic E-state index is 0.686. The number of imidazole rings is 1. The third-order valence-corrected chi connectivity index (χ3v) is 6.23. The fourth-order valence-electron chi connectivity index (χ4n) is 4.56. The van der Waals surface area contributed by atoms with E-state index in [0.717, 1.165) is 54.4 Å². The molecule has 28 heavy (non-hydrogen) atoms. The first-order chi connectivity index (χ1) is 13.7. The van der Waals surface area contributed by atoms with Gasteiger partial charge < -0.3 is 14.0 Å². The lowest BCUT2D eigenvalue weighted by atomic mass is 10.1. The Morgan fingerprint density at radius 3 is 2.82 bits per heavy atom. The highest BCUT2D eigenvalue weighted by molar-refractivity contribution is 5.98. The molecule has 0 saturated heterocycles. The van der Waals surface area contributed by atoms with Gasteiger partial charge in [-0.15, -0.1) is 0 Å². The number of rotatable bonds is 4. The van der Waals surface area contributed by atoms with Crippen molar-refractivity contribution in [3.63, 3.8) is 0 Å². The number of anilines is 1. The second kappa shape index (κ2) is 5.71. The van der Waals surface area contributed by atoms with Crippen LogP contribution in [0.2, 0.25) is 0 Å². The van der Waals surface area contributed by atoms with Crippen molar-refractivity contribution >= 4 is 33.9 Å². The fraction of sp³-hybridized carbons (Fsp3) is 0.304. The number of nitrogens with zero attached hydrogens (tertiary/aromatic N) is 4. The van der Waals surface area contributed by atoms with Crippen LogP contribution in [0, 0.1) is 5.92 Å². The van der Waals surface area contributed by atoms with Crippen molar-refractivity contribution in [2.45, 2.75) is 25.9 Å². The van der Waals surface area contributed by atoms with E-state index >= 15 is 0 Å². The predicted octanol–water partition coefficient (Wildman–Crippen LogP) is 4.33. The molecule has 1 aliphatic heterocycles. The molecule has 0 spiro atoms. The number of carbonyl (C=O) groups excluding carboxylic acids is 1. The standard InChI is InChI=1S/C23H22N4O/c1-25-8-9-26-22-18(10-16(14-28)11-20(22)25)24-23(26)21-12-17-4-2-3-5-19(17)27(21)13-15-6-7-15/h2-5,10-12,14-15H,6-9,13H2,1H3. The molecule has 2 aromatic carbocycles. The molecular weight excluding hydrogens is 348 g/mol. The van der Waals surface area contributed by atoms with Crippen LogP contribution in [0.25, 0.3) is 33.5 Å². The molecule has 1 saturated carbocycles. The van der Waals surface area contributed by atoms with Crippen LogP contribution in [0.15, 0.2) is 42.5 Å². The molecule has 0 radical (unpaired) electrons. The molecule has 0 bridgehead atoms. The Labute approximate surface area is 163 Å². The molecule has 1 fully saturated rings. The molecule has 5 heteroatoms. The van der Waals surface area contributed by atoms with Crippen LogP contribution in [0.4, 0.5) is 5.69 Å². The Morgan fingerprint density at radius 1 is 1.14 bits per heavy atom. The molecule has 6 rings (SSSR count). The van der Waals surface area contributed by atoms with E-state index in [4.69, 9.17) is 4.98 Å². The van der Waals surface area contributed by atoms with Crippen LogP contribution in [0.5, 0.6) is 0 Å². The second-order valence-electron chi connectivity index (χ2n) is 8.18. The van der Waals surface area contributed by atoms with Gasteiger partial charge in [-0.3, -0.25) is 4.79 Å². The molecule has 4 aromatic rings. The van der Waals surface area contributed by atoms with Gasteiger partial charge >= 0.3 is 0 Å². The minimum absolute atomic E-state index is 0.686. The summed E-state index contributed by atoms with van der Waals surface area (Å²) in [4.78, 5) is 18.7. The van der Waals surface area contributed by atoms with Crippen molar-refractivity contribution < 1.29 is 4.79 Å². The van der Waals surface area contributed by atoms with Gasteiger partial charge in [-0.25, -0.2) is 4.98 Å². The maximum atomic E-state index is 11.4. The van der Waals surface area contributed by atoms with Crippen molar-refractivity contribution in [2.75, 3.05) is 18.5 Å². The summed E-state index contributed by atoms with van der Waals surface area (Å²) >= 11 is 0. The first-order valence-corrected chi connectivity index (χ1v) is 10.0. The molecular formula is C23H22N4O. The van der Waals surface area contributed by atoms with Gasteiger partial charge in [0, 0.05) is 43.1 Å². The number of benzene rings is 2. The van der Waals surface area contributed by atoms with Gasteiger partial charge in [0.15, 0.2) is 5.82 Å². The van der Waals surface area contributed by atoms with Crippen LogP contribution in [0.3, 0.4) is 0 Å². The molecule has 0 amide bonds. The molecule has 0 N–H and O–H groups in total. The highest BCUT2D eigenvalue weighted by Crippen LogP contribution is 2.39. The zero-order chi connectivity index (χ0) is 18.8. The van der Waals surface area contributed by atoms with E-state index in [1.54, 1.807) is 0 Å². The smallest absolute Gasteiger partial charge is 0.157 e. The number of para-hydroxylation sites is 1. The first kappa shape index (κ1) is 15.9. The number of carbonyl (C=O) groups is 1. The summed E-state index contributed by atoms with van der Waals surface area (Å²) < 4.78 is 4.80. The number of aldehydes is 1. The average Bonchev–Trinajstić information content (AvgIpc) is 3.36. The summed E-state index contributed by atoms with van der Waals surface area (Å²) in [5.41, 5.74) is 6.29. The Kier molecular flexibility index (Phi) is 3.25. The normalized spacial score (nSPS) is 16.2. The Balaban J connectivity index is 1.65. The number of hydrogen-bond acceptors (Lipinski definition) is 3. The highest BCUT2D eigenvalue weighted by Gasteiger charge is 2.27. The van der Waals surface area contributed by atoms with Gasteiger partial charge in [0.05, 0.1) is 22.4 Å². The average molecular weight is 370 g/mol. The first-order valence-electron chi connectivity index (χ1n) is 10.0. The van der Waals surface area contributed by atoms with E-state index in [1.807, 2.05) is 12.1 Å². The zero-order valence-corrected chi connectivity index (χ0v) is 15.9. The molecule has 3 heterocycles. The van der Waals surface area contributed by atoms with Gasteiger partial charge in [0.2, 0.25) is 0 Å². The van der Waals surface area contributed by atoms with E-state index < -0.39 is 0 Å². The van der Waals surface area contributed by atoms with E-state index in [1.165, 1.54) is 29.4 Å². The lowest BCUT2D eigenvalue weighted by molar-refractivity contribution is 0.112. The predicted molar refractivity (Wildman–Crippen MR) is 112 cm³/mol. The largest absolute Gasteiger partial charge is 0.371 e. The van der Waals surface area contributed by atoms with Crippen LogP contribution in [0.1, 0.15) is 23.2 Å². The van der Waals surface area contributed by atoms with Gasteiger partial charge in [0.1, 0.15) is 6.29 Å². The quantitative estimate of drug-likeness (QED) is 0.502. The molecule has 2 aliphatic rings. The maximum Gasteiger partial charge on any atom is 0.157 e. The summed E-state index contributed by atoms with van der Waals surface area (Å²) in [6.45, 7) is 2.87. The van der Waals surface area contributed by atoms with Crippen molar-refractivity contribution in [3.8, 4) is 11.5 Å². The van der Waals surface area contributed by atoms with Gasteiger partial charge in [0.25, 0.3) is 0 Å². The van der Waals surface area contributed by atoms with Crippen LogP contribution >= 0.6 is 0 Å². The van der Waals surface area contributed by atoms with Gasteiger partial charge in [-0.05, 0) is 43.0 Å². The second-order valence-corrected chi connectivity index (χ2v) is 8.18. The van der Waals surface area contributed by atoms with Gasteiger partial charge in [-0.2, -0.15) is 0 Å². The lowest BCUT2D eigenvalue weighted by Gasteiger charge is -2.27. The van der Waals surface area contributed by atoms with E-state index in [9.17, 15) is 4.79 Å². The summed E-state index contributed by atoms with van der Waals surface area (Å²) in [7, 11) is 2.09. The van der Waals surface area contributed by atoms with Crippen LogP contribution in [-0.4, -0.2) is 34.0 Å². The molecule has 5 nitrogen and oxygen atoms in total. The highest BCUT2D eigenvalue weighted by atomic mass is 16.1. The van der Waals surface area contributed by atoms with E-state index in [2.05, 4.69) is 51.4 Å².